The van der Waals surface area contributed by atoms with E-state index in [1.165, 1.54) is 47.9 Å². The quantitative estimate of drug-likeness (QED) is 0.0155. The largest absolute Gasteiger partial charge is 0.457 e. The lowest BCUT2D eigenvalue weighted by molar-refractivity contribution is -0.151. The van der Waals surface area contributed by atoms with Crippen LogP contribution < -0.4 is 27.0 Å². The number of unbranched alkanes of at least 4 members (excludes halogenated alkanes) is 2. The summed E-state index contributed by atoms with van der Waals surface area (Å²) in [4.78, 5) is 131. The molecular weight excluding hydrogens is 1120 g/mol. The number of esters is 1. The highest BCUT2D eigenvalue weighted by Gasteiger charge is 2.33. The maximum atomic E-state index is 13.7. The van der Waals surface area contributed by atoms with Gasteiger partial charge in [0.1, 0.15) is 36.9 Å². The van der Waals surface area contributed by atoms with Crippen LogP contribution in [0.4, 0.5) is 15.3 Å². The Labute approximate surface area is 503 Å². The summed E-state index contributed by atoms with van der Waals surface area (Å²) in [5.41, 5.74) is 5.64. The lowest BCUT2D eigenvalue weighted by Gasteiger charge is -2.35. The van der Waals surface area contributed by atoms with Crippen LogP contribution in [0.5, 0.6) is 0 Å². The third-order valence-corrected chi connectivity index (χ3v) is 15.0. The molecule has 1 saturated heterocycles. The summed E-state index contributed by atoms with van der Waals surface area (Å²) in [7, 11) is 0. The summed E-state index contributed by atoms with van der Waals surface area (Å²) in [6, 6.07) is 2.56. The molecule has 3 heterocycles. The molecule has 25 nitrogen and oxygen atoms in total. The van der Waals surface area contributed by atoms with Gasteiger partial charge in [-0.15, -0.1) is 0 Å². The number of imide groups is 1. The molecule has 3 aliphatic heterocycles. The van der Waals surface area contributed by atoms with E-state index in [1.54, 1.807) is 57.2 Å². The Morgan fingerprint density at radius 3 is 2.08 bits per heavy atom. The first-order chi connectivity index (χ1) is 40.5. The Morgan fingerprint density at radius 1 is 0.837 bits per heavy atom. The average Bonchev–Trinajstić information content (AvgIpc) is 3.69. The highest BCUT2D eigenvalue weighted by molar-refractivity contribution is 6.12. The van der Waals surface area contributed by atoms with Crippen molar-refractivity contribution in [3.05, 3.63) is 77.9 Å². The Hall–Kier alpha value is -7.48. The number of primary amides is 1. The molecule has 12 atom stereocenters. The van der Waals surface area contributed by atoms with E-state index in [0.717, 1.165) is 4.90 Å². The zero-order valence-corrected chi connectivity index (χ0v) is 51.0. The topological polar surface area (TPSA) is 352 Å². The molecule has 9 N–H and O–H groups in total. The van der Waals surface area contributed by atoms with Gasteiger partial charge in [0, 0.05) is 69.3 Å². The van der Waals surface area contributed by atoms with Gasteiger partial charge >= 0.3 is 18.2 Å². The molecule has 25 heteroatoms. The predicted molar refractivity (Wildman–Crippen MR) is 316 cm³/mol. The van der Waals surface area contributed by atoms with Gasteiger partial charge in [-0.05, 0) is 109 Å². The molecule has 0 saturated carbocycles. The summed E-state index contributed by atoms with van der Waals surface area (Å²) >= 11 is 0. The van der Waals surface area contributed by atoms with Crippen molar-refractivity contribution in [3.63, 3.8) is 0 Å². The lowest BCUT2D eigenvalue weighted by atomic mass is 9.92. The van der Waals surface area contributed by atoms with E-state index in [2.05, 4.69) is 21.3 Å². The van der Waals surface area contributed by atoms with E-state index in [0.29, 0.717) is 43.2 Å². The van der Waals surface area contributed by atoms with Crippen molar-refractivity contribution in [2.75, 3.05) is 38.0 Å². The van der Waals surface area contributed by atoms with Gasteiger partial charge < -0.3 is 71.1 Å². The van der Waals surface area contributed by atoms with Crippen molar-refractivity contribution < 1.29 is 82.2 Å². The molecule has 1 aromatic rings. The number of cyclic esters (lactones) is 1. The molecule has 0 bridgehead atoms. The standard InChI is InChI=1S/C61H90N8O17/c1-10-48(71)43(8)84-40(5)35-61(9,82)27-14-15-38(3)55-39(4)18-24-49(37(2)17-23-46(70)33-54(76)86-55)85-60(81)68-31-29-67(30-32-68)59(80)83-36-44-19-21-45(22-20-44)65-58(79)47(34-50(62)72)66-57(78)42(7)64-56(77)41(6)63-51(73)16-12-11-13-28-69-52(74)25-26-53(69)75/h14-15,18-22,24-27,37,39-43,46-49,55,70-71,82H,10-13,16-17,23,28-36H2,1-9H3,(H2,62,72)(H,63,73)(H,64,77)(H,65,79)(H,66,78)/b24-18+,27-14+,38-15+/t37-,39-,40-,41-,42-,43?,46+,47-,48-,49-,55+,61-/m0/s1. The Balaban J connectivity index is 1.23. The maximum Gasteiger partial charge on any atom is 0.410 e. The maximum absolute atomic E-state index is 13.7. The van der Waals surface area contributed by atoms with E-state index >= 15 is 0 Å². The molecule has 0 spiro atoms. The van der Waals surface area contributed by atoms with E-state index < -0.39 is 114 Å². The number of benzene rings is 1. The van der Waals surface area contributed by atoms with Gasteiger partial charge in [-0.2, -0.15) is 0 Å². The SMILES string of the molecule is CC[C@H](O)C(C)O[C@@H](C)C[C@@](C)(O)/C=C/C=C(\C)[C@H]1OC(=O)C[C@H](O)CC[C@H](C)[C@@H](OC(=O)N2CCN(C(=O)OCc3ccc(NC(=O)[C@H](CC(N)=O)NC(=O)[C@H](C)NC(=O)[C@H](C)NC(=O)CCCCCN4C(=O)C=CC4=O)cc3)CC2)/C=C/[C@@H]1C. The number of aliphatic hydroxyl groups is 3. The van der Waals surface area contributed by atoms with Crippen molar-refractivity contribution in [1.82, 2.24) is 30.7 Å². The number of nitrogens with two attached hydrogens (primary N) is 1. The highest BCUT2D eigenvalue weighted by atomic mass is 16.6. The summed E-state index contributed by atoms with van der Waals surface area (Å²) in [5, 5.41) is 42.1. The normalized spacial score (nSPS) is 22.8. The fraction of sp³-hybridized carbons (Fsp3) is 0.607. The van der Waals surface area contributed by atoms with E-state index in [4.69, 9.17) is 24.7 Å². The van der Waals surface area contributed by atoms with E-state index in [-0.39, 0.29) is 94.5 Å². The lowest BCUT2D eigenvalue weighted by Crippen LogP contribution is -2.55. The van der Waals surface area contributed by atoms with Gasteiger partial charge in [0.05, 0.1) is 42.9 Å². The molecule has 476 valence electrons. The van der Waals surface area contributed by atoms with Crippen LogP contribution in [-0.2, 0) is 63.9 Å². The number of ether oxygens (including phenoxy) is 4. The summed E-state index contributed by atoms with van der Waals surface area (Å²) in [6.45, 7) is 16.2. The number of allylic oxidation sites excluding steroid dienone is 2. The Morgan fingerprint density at radius 2 is 1.45 bits per heavy atom. The number of nitrogens with one attached hydrogen (secondary N) is 4. The molecule has 1 unspecified atom stereocenters. The van der Waals surface area contributed by atoms with Gasteiger partial charge in [-0.25, -0.2) is 9.59 Å². The van der Waals surface area contributed by atoms with Crippen LogP contribution in [0.25, 0.3) is 0 Å². The first-order valence-electron chi connectivity index (χ1n) is 29.5. The van der Waals surface area contributed by atoms with Crippen LogP contribution in [0, 0.1) is 11.8 Å². The minimum atomic E-state index is -1.43. The molecule has 0 aromatic heterocycles. The fourth-order valence-corrected chi connectivity index (χ4v) is 9.73. The number of rotatable bonds is 27. The van der Waals surface area contributed by atoms with Gasteiger partial charge in [0.25, 0.3) is 11.8 Å². The predicted octanol–water partition coefficient (Wildman–Crippen LogP) is 3.73. The summed E-state index contributed by atoms with van der Waals surface area (Å²) in [5.74, 6) is -5.58. The van der Waals surface area contributed by atoms with E-state index in [9.17, 15) is 63.3 Å². The number of carbonyl (C=O) groups is 10. The number of nitrogens with zero attached hydrogens (tertiary/aromatic N) is 3. The van der Waals surface area contributed by atoms with Crippen LogP contribution in [0.2, 0.25) is 0 Å². The second kappa shape index (κ2) is 34.6. The molecular formula is C61H90N8O17. The first-order valence-corrected chi connectivity index (χ1v) is 29.5. The van der Waals surface area contributed by atoms with E-state index in [1.807, 2.05) is 33.8 Å². The molecule has 1 aromatic carbocycles. The second-order valence-electron chi connectivity index (χ2n) is 22.8. The van der Waals surface area contributed by atoms with Crippen LogP contribution in [0.3, 0.4) is 0 Å². The molecule has 1 fully saturated rings. The van der Waals surface area contributed by atoms with Gasteiger partial charge in [-0.1, -0.05) is 63.6 Å². The van der Waals surface area contributed by atoms with Crippen LogP contribution in [0.1, 0.15) is 132 Å². The van der Waals surface area contributed by atoms with Crippen LogP contribution in [0.15, 0.2) is 72.4 Å². The molecule has 0 radical (unpaired) electrons. The van der Waals surface area contributed by atoms with Crippen LogP contribution in [-0.4, -0.2) is 183 Å². The van der Waals surface area contributed by atoms with Crippen molar-refractivity contribution in [2.24, 2.45) is 17.6 Å². The first kappa shape index (κ1) is 71.0. The zero-order chi connectivity index (χ0) is 63.8. The third-order valence-electron chi connectivity index (χ3n) is 15.0. The molecule has 86 heavy (non-hydrogen) atoms. The van der Waals surface area contributed by atoms with Gasteiger partial charge in [-0.3, -0.25) is 43.3 Å². The van der Waals surface area contributed by atoms with Gasteiger partial charge in [0.2, 0.25) is 29.5 Å². The number of aliphatic hydroxyl groups excluding tert-OH is 2. The fourth-order valence-electron chi connectivity index (χ4n) is 9.73. The van der Waals surface area contributed by atoms with Gasteiger partial charge in [0.15, 0.2) is 0 Å². The number of anilines is 1. The third kappa shape index (κ3) is 24.1. The number of piperazine rings is 1. The molecule has 9 amide bonds. The van der Waals surface area contributed by atoms with Crippen LogP contribution >= 0.6 is 0 Å². The number of carbonyl (C=O) groups excluding carboxylic acids is 10. The second-order valence-corrected chi connectivity index (χ2v) is 22.8. The number of hydrogen-bond donors (Lipinski definition) is 8. The van der Waals surface area contributed by atoms with Crippen molar-refractivity contribution in [3.8, 4) is 0 Å². The molecule has 4 rings (SSSR count). The smallest absolute Gasteiger partial charge is 0.410 e. The Kier molecular flexibility index (Phi) is 28.6. The van der Waals surface area contributed by atoms with Crippen molar-refractivity contribution >= 4 is 65.2 Å². The average molecular weight is 1210 g/mol. The molecule has 0 aliphatic carbocycles. The Bertz CT molecular complexity index is 2620. The summed E-state index contributed by atoms with van der Waals surface area (Å²) < 4.78 is 23.4. The molecule has 3 aliphatic rings. The van der Waals surface area contributed by atoms with Crippen molar-refractivity contribution in [2.45, 2.75) is 193 Å². The minimum absolute atomic E-state index is 0.0806. The minimum Gasteiger partial charge on any atom is -0.457 e. The number of hydrogen-bond acceptors (Lipinski definition) is 17. The number of amides is 9. The summed E-state index contributed by atoms with van der Waals surface area (Å²) in [6.07, 6.45) is 8.29. The zero-order valence-electron chi connectivity index (χ0n) is 51.0. The highest BCUT2D eigenvalue weighted by Crippen LogP contribution is 2.26. The van der Waals surface area contributed by atoms with Crippen molar-refractivity contribution in [1.29, 1.82) is 0 Å². The monoisotopic (exact) mass is 1210 g/mol.